The maximum absolute atomic E-state index is 12.4. The molecular formula is C19H22N2O3. The van der Waals surface area contributed by atoms with E-state index in [1.54, 1.807) is 30.3 Å². The van der Waals surface area contributed by atoms with E-state index < -0.39 is 0 Å². The van der Waals surface area contributed by atoms with E-state index in [0.717, 1.165) is 24.6 Å². The van der Waals surface area contributed by atoms with Crippen molar-refractivity contribution in [1.82, 2.24) is 10.2 Å². The van der Waals surface area contributed by atoms with Crippen LogP contribution in [0, 0.1) is 12.8 Å². The summed E-state index contributed by atoms with van der Waals surface area (Å²) >= 11 is 0. The average molecular weight is 326 g/mol. The molecule has 2 aliphatic heterocycles. The first kappa shape index (κ1) is 15.3. The fourth-order valence-corrected chi connectivity index (χ4v) is 3.69. The van der Waals surface area contributed by atoms with E-state index in [4.69, 9.17) is 9.15 Å². The van der Waals surface area contributed by atoms with Gasteiger partial charge in [0.25, 0.3) is 11.9 Å². The van der Waals surface area contributed by atoms with Crippen LogP contribution >= 0.6 is 0 Å². The van der Waals surface area contributed by atoms with Gasteiger partial charge in [0.15, 0.2) is 0 Å². The van der Waals surface area contributed by atoms with Crippen molar-refractivity contribution in [2.24, 2.45) is 5.92 Å². The van der Waals surface area contributed by atoms with Gasteiger partial charge in [-0.3, -0.25) is 4.79 Å². The molecule has 1 aromatic carbocycles. The molecule has 2 aromatic rings. The van der Waals surface area contributed by atoms with Crippen molar-refractivity contribution in [3.05, 3.63) is 47.7 Å². The standard InChI is InChI=1S/C19H22N2O3/c1-13-2-7-18(23-13)24-17-5-3-15(4-6-17)19(22)20-16-10-14-8-9-21(11-14)12-16/h2-7,14,16H,8-12H2,1H3,(H,20,22)/t14-,16-/m1/s1. The number of carbonyl (C=O) groups is 1. The highest BCUT2D eigenvalue weighted by Gasteiger charge is 2.32. The molecular weight excluding hydrogens is 304 g/mol. The Balaban J connectivity index is 1.36. The molecule has 24 heavy (non-hydrogen) atoms. The van der Waals surface area contributed by atoms with E-state index in [2.05, 4.69) is 10.2 Å². The van der Waals surface area contributed by atoms with Crippen LogP contribution in [0.5, 0.6) is 11.7 Å². The molecule has 5 nitrogen and oxygen atoms in total. The lowest BCUT2D eigenvalue weighted by Gasteiger charge is -2.30. The molecule has 1 unspecified atom stereocenters. The van der Waals surface area contributed by atoms with Gasteiger partial charge >= 0.3 is 0 Å². The molecule has 0 spiro atoms. The highest BCUT2D eigenvalue weighted by Crippen LogP contribution is 2.27. The van der Waals surface area contributed by atoms with E-state index in [1.165, 1.54) is 19.5 Å². The minimum absolute atomic E-state index is 0.0112. The van der Waals surface area contributed by atoms with Crippen molar-refractivity contribution >= 4 is 5.91 Å². The molecule has 5 heteroatoms. The van der Waals surface area contributed by atoms with Gasteiger partial charge in [-0.1, -0.05) is 0 Å². The van der Waals surface area contributed by atoms with Crippen LogP contribution in [-0.2, 0) is 0 Å². The van der Waals surface area contributed by atoms with Gasteiger partial charge in [-0.25, -0.2) is 0 Å². The summed E-state index contributed by atoms with van der Waals surface area (Å²) in [7, 11) is 0. The largest absolute Gasteiger partial charge is 0.431 e. The Morgan fingerprint density at radius 1 is 1.21 bits per heavy atom. The quantitative estimate of drug-likeness (QED) is 0.937. The summed E-state index contributed by atoms with van der Waals surface area (Å²) in [4.78, 5) is 14.9. The molecule has 3 heterocycles. The lowest BCUT2D eigenvalue weighted by atomic mass is 9.96. The van der Waals surface area contributed by atoms with Crippen LogP contribution < -0.4 is 10.1 Å². The van der Waals surface area contributed by atoms with Crippen LogP contribution in [0.4, 0.5) is 0 Å². The second-order valence-corrected chi connectivity index (χ2v) is 6.81. The summed E-state index contributed by atoms with van der Waals surface area (Å²) in [6.45, 7) is 5.22. The molecule has 126 valence electrons. The topological polar surface area (TPSA) is 54.7 Å². The highest BCUT2D eigenvalue weighted by molar-refractivity contribution is 5.94. The number of ether oxygens (including phenoxy) is 1. The number of rotatable bonds is 4. The van der Waals surface area contributed by atoms with Crippen LogP contribution in [0.2, 0.25) is 0 Å². The number of carbonyl (C=O) groups excluding carboxylic acids is 1. The predicted octanol–water partition coefficient (Wildman–Crippen LogP) is 3.20. The first-order valence-electron chi connectivity index (χ1n) is 8.53. The summed E-state index contributed by atoms with van der Waals surface area (Å²) in [6.07, 6.45) is 2.37. The Hall–Kier alpha value is -2.27. The van der Waals surface area contributed by atoms with Crippen LogP contribution in [0.3, 0.4) is 0 Å². The average Bonchev–Trinajstić information content (AvgIpc) is 3.13. The fourth-order valence-electron chi connectivity index (χ4n) is 3.69. The van der Waals surface area contributed by atoms with E-state index in [-0.39, 0.29) is 11.9 Å². The first-order chi connectivity index (χ1) is 11.7. The summed E-state index contributed by atoms with van der Waals surface area (Å²) in [5.41, 5.74) is 0.658. The summed E-state index contributed by atoms with van der Waals surface area (Å²) < 4.78 is 11.0. The molecule has 1 amide bonds. The van der Waals surface area contributed by atoms with E-state index in [9.17, 15) is 4.79 Å². The fraction of sp³-hybridized carbons (Fsp3) is 0.421. The second kappa shape index (κ2) is 6.32. The Morgan fingerprint density at radius 2 is 2.04 bits per heavy atom. The Bertz CT molecular complexity index is 710. The smallest absolute Gasteiger partial charge is 0.290 e. The van der Waals surface area contributed by atoms with Crippen LogP contribution in [0.25, 0.3) is 0 Å². The van der Waals surface area contributed by atoms with Crippen molar-refractivity contribution in [1.29, 1.82) is 0 Å². The normalized spacial score (nSPS) is 25.5. The second-order valence-electron chi connectivity index (χ2n) is 6.81. The number of amides is 1. The SMILES string of the molecule is Cc1ccc(Oc2ccc(C(=O)N[C@@H]3C[C@H]4CCN(C4)C3)cc2)o1. The van der Waals surface area contributed by atoms with Crippen molar-refractivity contribution in [3.8, 4) is 11.7 Å². The minimum atomic E-state index is -0.0112. The molecule has 0 saturated carbocycles. The molecule has 3 atom stereocenters. The van der Waals surface area contributed by atoms with Crippen LogP contribution in [0.1, 0.15) is 29.0 Å². The monoisotopic (exact) mass is 326 g/mol. The predicted molar refractivity (Wildman–Crippen MR) is 90.4 cm³/mol. The lowest BCUT2D eigenvalue weighted by molar-refractivity contribution is 0.0909. The number of aryl methyl sites for hydroxylation is 1. The molecule has 1 aromatic heterocycles. The lowest BCUT2D eigenvalue weighted by Crippen LogP contribution is -2.46. The van der Waals surface area contributed by atoms with E-state index in [0.29, 0.717) is 17.3 Å². The third-order valence-corrected chi connectivity index (χ3v) is 4.85. The number of nitrogens with zero attached hydrogens (tertiary/aromatic N) is 1. The highest BCUT2D eigenvalue weighted by atomic mass is 16.6. The van der Waals surface area contributed by atoms with Gasteiger partial charge in [0.1, 0.15) is 11.5 Å². The summed E-state index contributed by atoms with van der Waals surface area (Å²) in [5.74, 6) is 2.65. The first-order valence-corrected chi connectivity index (χ1v) is 8.53. The third-order valence-electron chi connectivity index (χ3n) is 4.85. The minimum Gasteiger partial charge on any atom is -0.431 e. The molecule has 4 rings (SSSR count). The number of hydrogen-bond acceptors (Lipinski definition) is 4. The van der Waals surface area contributed by atoms with E-state index >= 15 is 0 Å². The van der Waals surface area contributed by atoms with Crippen LogP contribution in [-0.4, -0.2) is 36.5 Å². The van der Waals surface area contributed by atoms with Crippen molar-refractivity contribution in [3.63, 3.8) is 0 Å². The van der Waals surface area contributed by atoms with Crippen molar-refractivity contribution < 1.29 is 13.9 Å². The number of fused-ring (bicyclic) bond motifs is 2. The van der Waals surface area contributed by atoms with Gasteiger partial charge in [0, 0.05) is 30.8 Å². The number of nitrogens with one attached hydrogen (secondary N) is 1. The molecule has 2 bridgehead atoms. The number of piperidine rings is 1. The molecule has 2 saturated heterocycles. The zero-order valence-electron chi connectivity index (χ0n) is 13.8. The number of furan rings is 1. The Labute approximate surface area is 141 Å². The van der Waals surface area contributed by atoms with Gasteiger partial charge in [-0.15, -0.1) is 0 Å². The Morgan fingerprint density at radius 3 is 2.75 bits per heavy atom. The molecule has 2 fully saturated rings. The molecule has 1 N–H and O–H groups in total. The van der Waals surface area contributed by atoms with Gasteiger partial charge in [0.2, 0.25) is 0 Å². The number of benzene rings is 1. The van der Waals surface area contributed by atoms with Crippen LogP contribution in [0.15, 0.2) is 40.8 Å². The molecule has 2 aliphatic rings. The van der Waals surface area contributed by atoms with Gasteiger partial charge in [-0.05, 0) is 62.6 Å². The van der Waals surface area contributed by atoms with Crippen molar-refractivity contribution in [2.45, 2.75) is 25.8 Å². The van der Waals surface area contributed by atoms with Crippen molar-refractivity contribution in [2.75, 3.05) is 19.6 Å². The molecule has 0 aliphatic carbocycles. The maximum atomic E-state index is 12.4. The summed E-state index contributed by atoms with van der Waals surface area (Å²) in [6, 6.07) is 11.1. The van der Waals surface area contributed by atoms with Gasteiger partial charge in [0.05, 0.1) is 0 Å². The van der Waals surface area contributed by atoms with Gasteiger partial charge < -0.3 is 19.4 Å². The third kappa shape index (κ3) is 3.31. The van der Waals surface area contributed by atoms with E-state index in [1.807, 2.05) is 13.0 Å². The number of hydrogen-bond donors (Lipinski definition) is 1. The Kier molecular flexibility index (Phi) is 4.02. The maximum Gasteiger partial charge on any atom is 0.290 e. The molecule has 0 radical (unpaired) electrons. The zero-order valence-corrected chi connectivity index (χ0v) is 13.8. The van der Waals surface area contributed by atoms with Gasteiger partial charge in [-0.2, -0.15) is 0 Å². The zero-order chi connectivity index (χ0) is 16.5. The summed E-state index contributed by atoms with van der Waals surface area (Å²) in [5, 5.41) is 3.17.